The fourth-order valence-corrected chi connectivity index (χ4v) is 4.50. The van der Waals surface area contributed by atoms with Gasteiger partial charge in [0.25, 0.3) is 11.1 Å². The lowest BCUT2D eigenvalue weighted by Gasteiger charge is -2.28. The predicted molar refractivity (Wildman–Crippen MR) is 128 cm³/mol. The van der Waals surface area contributed by atoms with Gasteiger partial charge in [-0.2, -0.15) is 0 Å². The molecule has 4 nitrogen and oxygen atoms in total. The van der Waals surface area contributed by atoms with Crippen LogP contribution in [0.4, 0.5) is 4.79 Å². The molecule has 1 fully saturated rings. The number of rotatable bonds is 3. The van der Waals surface area contributed by atoms with E-state index in [-0.39, 0.29) is 28.5 Å². The van der Waals surface area contributed by atoms with E-state index in [1.807, 2.05) is 84.9 Å². The van der Waals surface area contributed by atoms with E-state index in [1.54, 1.807) is 6.08 Å². The summed E-state index contributed by atoms with van der Waals surface area (Å²) in [6.07, 6.45) is 1.77. The zero-order valence-corrected chi connectivity index (χ0v) is 20.2. The van der Waals surface area contributed by atoms with Crippen molar-refractivity contribution < 1.29 is 14.7 Å². The number of aromatic hydroxyl groups is 1. The first-order chi connectivity index (χ1) is 14.3. The van der Waals surface area contributed by atoms with Crippen molar-refractivity contribution in [2.45, 2.75) is 65.8 Å². The first-order valence-corrected chi connectivity index (χ1v) is 11.3. The van der Waals surface area contributed by atoms with Crippen molar-refractivity contribution in [3.05, 3.63) is 69.1 Å². The smallest absolute Gasteiger partial charge is 0.293 e. The second-order valence-corrected chi connectivity index (χ2v) is 11.2. The van der Waals surface area contributed by atoms with E-state index in [9.17, 15) is 14.7 Å². The Morgan fingerprint density at radius 2 is 1.55 bits per heavy atom. The quantitative estimate of drug-likeness (QED) is 0.555. The van der Waals surface area contributed by atoms with Crippen molar-refractivity contribution in [3.63, 3.8) is 0 Å². The van der Waals surface area contributed by atoms with Gasteiger partial charge < -0.3 is 5.11 Å². The third-order valence-corrected chi connectivity index (χ3v) is 6.25. The molecule has 3 rings (SSSR count). The summed E-state index contributed by atoms with van der Waals surface area (Å²) in [5, 5.41) is 10.7. The minimum absolute atomic E-state index is 0.261. The molecule has 0 saturated carbocycles. The molecule has 2 amide bonds. The number of nitrogens with zero attached hydrogens (tertiary/aromatic N) is 1. The molecule has 1 saturated heterocycles. The molecule has 164 valence electrons. The highest BCUT2D eigenvalue weighted by molar-refractivity contribution is 8.18. The number of carbonyl (C=O) groups is 2. The van der Waals surface area contributed by atoms with Gasteiger partial charge in [-0.15, -0.1) is 0 Å². The Morgan fingerprint density at radius 3 is 2.06 bits per heavy atom. The molecule has 31 heavy (non-hydrogen) atoms. The van der Waals surface area contributed by atoms with Crippen LogP contribution < -0.4 is 0 Å². The number of phenols is 1. The molecule has 1 aliphatic heterocycles. The molecule has 0 bridgehead atoms. The summed E-state index contributed by atoms with van der Waals surface area (Å²) in [5.41, 5.74) is 3.95. The largest absolute Gasteiger partial charge is 0.507 e. The predicted octanol–water partition coefficient (Wildman–Crippen LogP) is 6.53. The summed E-state index contributed by atoms with van der Waals surface area (Å²) in [6, 6.07) is 11.7. The zero-order valence-electron chi connectivity index (χ0n) is 19.4. The first kappa shape index (κ1) is 23.1. The number of imide groups is 1. The number of amides is 2. The van der Waals surface area contributed by atoms with Gasteiger partial charge >= 0.3 is 0 Å². The van der Waals surface area contributed by atoms with Crippen LogP contribution in [0.5, 0.6) is 5.75 Å². The van der Waals surface area contributed by atoms with Gasteiger partial charge in [0.15, 0.2) is 0 Å². The van der Waals surface area contributed by atoms with E-state index in [0.29, 0.717) is 10.7 Å². The molecule has 0 radical (unpaired) electrons. The van der Waals surface area contributed by atoms with Crippen LogP contribution in [0.25, 0.3) is 6.08 Å². The summed E-state index contributed by atoms with van der Waals surface area (Å²) >= 11 is 0.967. The molecular weight excluding hydrogens is 406 g/mol. The fraction of sp³-hybridized carbons (Fsp3) is 0.385. The Bertz CT molecular complexity index is 1040. The van der Waals surface area contributed by atoms with Crippen LogP contribution in [0.15, 0.2) is 41.3 Å². The number of hydrogen-bond acceptors (Lipinski definition) is 4. The third kappa shape index (κ3) is 5.04. The lowest BCUT2D eigenvalue weighted by molar-refractivity contribution is -0.123. The Morgan fingerprint density at radius 1 is 0.968 bits per heavy atom. The van der Waals surface area contributed by atoms with Gasteiger partial charge in [0.1, 0.15) is 5.75 Å². The Hall–Kier alpha value is -2.53. The van der Waals surface area contributed by atoms with Gasteiger partial charge in [0, 0.05) is 11.1 Å². The molecule has 0 spiro atoms. The number of aryl methyl sites for hydroxylation is 1. The van der Waals surface area contributed by atoms with E-state index in [0.717, 1.165) is 39.6 Å². The molecule has 0 atom stereocenters. The molecule has 2 aromatic carbocycles. The highest BCUT2D eigenvalue weighted by Crippen LogP contribution is 2.41. The SMILES string of the molecule is Cc1cccc(CN2C(=O)S/C(=C\c3cc(C(C)(C)C)c(O)c(C(C)(C)C)c3)C2=O)c1. The number of hydrogen-bond donors (Lipinski definition) is 1. The van der Waals surface area contributed by atoms with Crippen molar-refractivity contribution >= 4 is 29.0 Å². The molecule has 1 N–H and O–H groups in total. The van der Waals surface area contributed by atoms with Gasteiger partial charge in [-0.05, 0) is 58.9 Å². The highest BCUT2D eigenvalue weighted by atomic mass is 32.2. The molecule has 1 heterocycles. The minimum Gasteiger partial charge on any atom is -0.507 e. The van der Waals surface area contributed by atoms with Crippen molar-refractivity contribution in [2.24, 2.45) is 0 Å². The first-order valence-electron chi connectivity index (χ1n) is 10.5. The topological polar surface area (TPSA) is 57.6 Å². The van der Waals surface area contributed by atoms with Gasteiger partial charge in [-0.25, -0.2) is 0 Å². The average Bonchev–Trinajstić information content (AvgIpc) is 2.88. The van der Waals surface area contributed by atoms with Gasteiger partial charge in [0.05, 0.1) is 11.4 Å². The second kappa shape index (κ2) is 8.19. The van der Waals surface area contributed by atoms with E-state index >= 15 is 0 Å². The van der Waals surface area contributed by atoms with Gasteiger partial charge in [-0.3, -0.25) is 14.5 Å². The molecule has 5 heteroatoms. The van der Waals surface area contributed by atoms with Crippen LogP contribution in [0, 0.1) is 6.92 Å². The summed E-state index contributed by atoms with van der Waals surface area (Å²) in [7, 11) is 0. The van der Waals surface area contributed by atoms with Crippen LogP contribution in [0.3, 0.4) is 0 Å². The Labute approximate surface area is 189 Å². The molecule has 0 aliphatic carbocycles. The molecule has 2 aromatic rings. The average molecular weight is 438 g/mol. The van der Waals surface area contributed by atoms with Crippen molar-refractivity contribution in [2.75, 3.05) is 0 Å². The van der Waals surface area contributed by atoms with Crippen LogP contribution in [0.2, 0.25) is 0 Å². The van der Waals surface area contributed by atoms with E-state index < -0.39 is 0 Å². The summed E-state index contributed by atoms with van der Waals surface area (Å²) in [4.78, 5) is 27.3. The Balaban J connectivity index is 1.99. The standard InChI is InChI=1S/C26H31NO3S/c1-16-9-8-10-17(11-16)15-27-23(29)21(31-24(27)30)14-18-12-19(25(2,3)4)22(28)20(13-18)26(5,6)7/h8-14,28H,15H2,1-7H3/b21-14-. The van der Waals surface area contributed by atoms with Gasteiger partial charge in [-0.1, -0.05) is 71.4 Å². The Kier molecular flexibility index (Phi) is 6.12. The molecule has 1 aliphatic rings. The minimum atomic E-state index is -0.279. The summed E-state index contributed by atoms with van der Waals surface area (Å²) < 4.78 is 0. The van der Waals surface area contributed by atoms with Gasteiger partial charge in [0.2, 0.25) is 0 Å². The normalized spacial score (nSPS) is 16.5. The second-order valence-electron chi connectivity index (χ2n) is 10.2. The number of thioether (sulfide) groups is 1. The maximum Gasteiger partial charge on any atom is 0.293 e. The van der Waals surface area contributed by atoms with E-state index in [2.05, 4.69) is 0 Å². The molecular formula is C26H31NO3S. The zero-order chi connectivity index (χ0) is 23.1. The third-order valence-electron chi connectivity index (χ3n) is 5.34. The fourth-order valence-electron chi connectivity index (χ4n) is 3.66. The lowest BCUT2D eigenvalue weighted by atomic mass is 9.78. The molecule has 0 unspecified atom stereocenters. The summed E-state index contributed by atoms with van der Waals surface area (Å²) in [5.74, 6) is 0.0175. The van der Waals surface area contributed by atoms with Crippen LogP contribution in [-0.2, 0) is 22.2 Å². The highest BCUT2D eigenvalue weighted by Gasteiger charge is 2.35. The summed E-state index contributed by atoms with van der Waals surface area (Å²) in [6.45, 7) is 14.5. The van der Waals surface area contributed by atoms with E-state index in [4.69, 9.17) is 0 Å². The lowest BCUT2D eigenvalue weighted by Crippen LogP contribution is -2.27. The van der Waals surface area contributed by atoms with E-state index in [1.165, 1.54) is 4.90 Å². The number of carbonyl (C=O) groups excluding carboxylic acids is 2. The maximum atomic E-state index is 13.0. The van der Waals surface area contributed by atoms with Crippen molar-refractivity contribution in [1.29, 1.82) is 0 Å². The van der Waals surface area contributed by atoms with Crippen LogP contribution >= 0.6 is 11.8 Å². The number of phenolic OH excluding ortho intramolecular Hbond substituents is 1. The maximum absolute atomic E-state index is 13.0. The van der Waals surface area contributed by atoms with Crippen molar-refractivity contribution in [3.8, 4) is 5.75 Å². The molecule has 0 aromatic heterocycles. The van der Waals surface area contributed by atoms with Crippen molar-refractivity contribution in [1.82, 2.24) is 4.90 Å². The van der Waals surface area contributed by atoms with Crippen LogP contribution in [0.1, 0.15) is 69.4 Å². The van der Waals surface area contributed by atoms with Crippen LogP contribution in [-0.4, -0.2) is 21.2 Å². The number of benzene rings is 2. The monoisotopic (exact) mass is 437 g/mol.